The standard InChI is InChI=1S/C15H31N3O2/c1-4-5-6-7-8-9-10-18(11-13(16)19)14(12(2)3)15(17)20/h12,14H,4-11H2,1-3H3,(H2,16,19)(H2,17,20). The monoisotopic (exact) mass is 285 g/mol. The first kappa shape index (κ1) is 18.9. The molecule has 1 atom stereocenters. The lowest BCUT2D eigenvalue weighted by Crippen LogP contribution is -2.51. The predicted octanol–water partition coefficient (Wildman–Crippen LogP) is 1.64. The minimum atomic E-state index is -0.418. The van der Waals surface area contributed by atoms with Crippen molar-refractivity contribution in [3.63, 3.8) is 0 Å². The second kappa shape index (κ2) is 10.7. The van der Waals surface area contributed by atoms with Gasteiger partial charge in [-0.3, -0.25) is 14.5 Å². The van der Waals surface area contributed by atoms with Gasteiger partial charge in [-0.15, -0.1) is 0 Å². The summed E-state index contributed by atoms with van der Waals surface area (Å²) >= 11 is 0. The molecule has 0 aromatic carbocycles. The summed E-state index contributed by atoms with van der Waals surface area (Å²) in [6.45, 7) is 6.85. The van der Waals surface area contributed by atoms with Gasteiger partial charge in [-0.25, -0.2) is 0 Å². The van der Waals surface area contributed by atoms with Crippen molar-refractivity contribution in [2.45, 2.75) is 65.3 Å². The van der Waals surface area contributed by atoms with Crippen molar-refractivity contribution >= 4 is 11.8 Å². The minimum absolute atomic E-state index is 0.0759. The molecule has 0 saturated heterocycles. The number of carbonyl (C=O) groups excluding carboxylic acids is 2. The number of nitrogens with two attached hydrogens (primary N) is 2. The van der Waals surface area contributed by atoms with Gasteiger partial charge in [0.15, 0.2) is 0 Å². The van der Waals surface area contributed by atoms with Crippen LogP contribution in [0.1, 0.15) is 59.3 Å². The molecule has 0 bridgehead atoms. The maximum atomic E-state index is 11.6. The fourth-order valence-corrected chi connectivity index (χ4v) is 2.54. The Morgan fingerprint density at radius 3 is 2.00 bits per heavy atom. The molecule has 0 radical (unpaired) electrons. The molecule has 5 heteroatoms. The lowest BCUT2D eigenvalue weighted by molar-refractivity contribution is -0.127. The quantitative estimate of drug-likeness (QED) is 0.534. The zero-order valence-electron chi connectivity index (χ0n) is 13.2. The van der Waals surface area contributed by atoms with E-state index in [0.717, 1.165) is 12.8 Å². The third-order valence-corrected chi connectivity index (χ3v) is 3.47. The van der Waals surface area contributed by atoms with Gasteiger partial charge >= 0.3 is 0 Å². The normalized spacial score (nSPS) is 12.8. The Morgan fingerprint density at radius 1 is 1.00 bits per heavy atom. The fraction of sp³-hybridized carbons (Fsp3) is 0.867. The number of primary amides is 2. The van der Waals surface area contributed by atoms with Crippen molar-refractivity contribution < 1.29 is 9.59 Å². The summed E-state index contributed by atoms with van der Waals surface area (Å²) in [5.74, 6) is -0.720. The molecule has 5 nitrogen and oxygen atoms in total. The lowest BCUT2D eigenvalue weighted by Gasteiger charge is -2.31. The molecule has 0 saturated carbocycles. The van der Waals surface area contributed by atoms with E-state index in [1.54, 1.807) is 0 Å². The summed E-state index contributed by atoms with van der Waals surface area (Å²) in [6, 6.07) is -0.418. The molecule has 2 amide bonds. The van der Waals surface area contributed by atoms with E-state index in [-0.39, 0.29) is 18.4 Å². The summed E-state index contributed by atoms with van der Waals surface area (Å²) in [4.78, 5) is 24.6. The van der Waals surface area contributed by atoms with Gasteiger partial charge < -0.3 is 11.5 Å². The number of carbonyl (C=O) groups is 2. The van der Waals surface area contributed by atoms with Crippen LogP contribution in [-0.4, -0.2) is 35.8 Å². The molecule has 0 aromatic heterocycles. The number of amides is 2. The summed E-state index contributed by atoms with van der Waals surface area (Å²) in [5.41, 5.74) is 10.7. The zero-order valence-corrected chi connectivity index (χ0v) is 13.2. The fourth-order valence-electron chi connectivity index (χ4n) is 2.54. The molecule has 1 unspecified atom stereocenters. The molecule has 0 heterocycles. The third kappa shape index (κ3) is 8.15. The topological polar surface area (TPSA) is 89.4 Å². The van der Waals surface area contributed by atoms with Crippen LogP contribution in [0.25, 0.3) is 0 Å². The highest BCUT2D eigenvalue weighted by atomic mass is 16.2. The number of unbranched alkanes of at least 4 members (excludes halogenated alkanes) is 5. The Kier molecular flexibility index (Phi) is 10.1. The van der Waals surface area contributed by atoms with Crippen molar-refractivity contribution in [3.8, 4) is 0 Å². The Balaban J connectivity index is 4.33. The van der Waals surface area contributed by atoms with Crippen LogP contribution in [-0.2, 0) is 9.59 Å². The molecule has 118 valence electrons. The van der Waals surface area contributed by atoms with Crippen LogP contribution in [0, 0.1) is 5.92 Å². The van der Waals surface area contributed by atoms with E-state index in [4.69, 9.17) is 11.5 Å². The van der Waals surface area contributed by atoms with Gasteiger partial charge in [0.1, 0.15) is 0 Å². The Hall–Kier alpha value is -1.10. The Labute approximate surface area is 123 Å². The second-order valence-electron chi connectivity index (χ2n) is 5.80. The molecule has 0 aliphatic carbocycles. The zero-order chi connectivity index (χ0) is 15.5. The molecule has 0 spiro atoms. The molecule has 20 heavy (non-hydrogen) atoms. The van der Waals surface area contributed by atoms with Crippen molar-refractivity contribution in [1.29, 1.82) is 0 Å². The van der Waals surface area contributed by atoms with Crippen molar-refractivity contribution in [2.24, 2.45) is 17.4 Å². The van der Waals surface area contributed by atoms with Crippen LogP contribution in [0.2, 0.25) is 0 Å². The van der Waals surface area contributed by atoms with E-state index in [1.807, 2.05) is 18.7 Å². The van der Waals surface area contributed by atoms with Crippen LogP contribution in [0.5, 0.6) is 0 Å². The van der Waals surface area contributed by atoms with Gasteiger partial charge in [-0.1, -0.05) is 52.9 Å². The highest BCUT2D eigenvalue weighted by molar-refractivity contribution is 5.82. The average molecular weight is 285 g/mol. The number of rotatable bonds is 12. The summed E-state index contributed by atoms with van der Waals surface area (Å²) in [7, 11) is 0. The lowest BCUT2D eigenvalue weighted by atomic mass is 10.0. The van der Waals surface area contributed by atoms with E-state index in [2.05, 4.69) is 6.92 Å². The maximum absolute atomic E-state index is 11.6. The van der Waals surface area contributed by atoms with Crippen molar-refractivity contribution in [1.82, 2.24) is 4.90 Å². The highest BCUT2D eigenvalue weighted by Crippen LogP contribution is 2.13. The first-order valence-corrected chi connectivity index (χ1v) is 7.71. The summed E-state index contributed by atoms with van der Waals surface area (Å²) < 4.78 is 0. The molecule has 0 rings (SSSR count). The molecule has 0 fully saturated rings. The van der Waals surface area contributed by atoms with E-state index in [9.17, 15) is 9.59 Å². The summed E-state index contributed by atoms with van der Waals surface area (Å²) in [5, 5.41) is 0. The molecule has 0 aromatic rings. The largest absolute Gasteiger partial charge is 0.369 e. The minimum Gasteiger partial charge on any atom is -0.369 e. The SMILES string of the molecule is CCCCCCCCN(CC(N)=O)C(C(N)=O)C(C)C. The van der Waals surface area contributed by atoms with Crippen LogP contribution in [0.3, 0.4) is 0 Å². The van der Waals surface area contributed by atoms with Crippen LogP contribution in [0.15, 0.2) is 0 Å². The van der Waals surface area contributed by atoms with Crippen LogP contribution < -0.4 is 11.5 Å². The van der Waals surface area contributed by atoms with Crippen molar-refractivity contribution in [3.05, 3.63) is 0 Å². The molecular formula is C15H31N3O2. The predicted molar refractivity (Wildman–Crippen MR) is 82.0 cm³/mol. The van der Waals surface area contributed by atoms with Crippen molar-refractivity contribution in [2.75, 3.05) is 13.1 Å². The van der Waals surface area contributed by atoms with E-state index in [0.29, 0.717) is 6.54 Å². The highest BCUT2D eigenvalue weighted by Gasteiger charge is 2.27. The van der Waals surface area contributed by atoms with Gasteiger partial charge in [0.05, 0.1) is 12.6 Å². The first-order chi connectivity index (χ1) is 9.40. The maximum Gasteiger partial charge on any atom is 0.235 e. The van der Waals surface area contributed by atoms with Gasteiger partial charge in [-0.2, -0.15) is 0 Å². The Bertz CT molecular complexity index is 293. The number of hydrogen-bond donors (Lipinski definition) is 2. The van der Waals surface area contributed by atoms with Gasteiger partial charge in [0.2, 0.25) is 11.8 Å². The second-order valence-corrected chi connectivity index (χ2v) is 5.80. The van der Waals surface area contributed by atoms with Gasteiger partial charge in [-0.05, 0) is 18.9 Å². The molecular weight excluding hydrogens is 254 g/mol. The van der Waals surface area contributed by atoms with Crippen LogP contribution in [0.4, 0.5) is 0 Å². The summed E-state index contributed by atoms with van der Waals surface area (Å²) in [6.07, 6.45) is 7.01. The van der Waals surface area contributed by atoms with E-state index < -0.39 is 11.9 Å². The van der Waals surface area contributed by atoms with Crippen LogP contribution >= 0.6 is 0 Å². The molecule has 0 aliphatic rings. The number of nitrogens with zero attached hydrogens (tertiary/aromatic N) is 1. The van der Waals surface area contributed by atoms with Gasteiger partial charge in [0, 0.05) is 0 Å². The van der Waals surface area contributed by atoms with E-state index >= 15 is 0 Å². The third-order valence-electron chi connectivity index (χ3n) is 3.47. The van der Waals surface area contributed by atoms with E-state index in [1.165, 1.54) is 25.7 Å². The average Bonchev–Trinajstić information content (AvgIpc) is 2.31. The molecule has 0 aliphatic heterocycles. The smallest absolute Gasteiger partial charge is 0.235 e. The Morgan fingerprint density at radius 2 is 1.55 bits per heavy atom. The first-order valence-electron chi connectivity index (χ1n) is 7.71. The van der Waals surface area contributed by atoms with Gasteiger partial charge in [0.25, 0.3) is 0 Å². The molecule has 4 N–H and O–H groups in total. The number of hydrogen-bond acceptors (Lipinski definition) is 3.